The van der Waals surface area contributed by atoms with E-state index in [9.17, 15) is 60.7 Å². The fraction of sp³-hybridized carbons (Fsp3) is 0.200. The second kappa shape index (κ2) is 12.1. The first kappa shape index (κ1) is 31.5. The number of nitro groups is 4. The molecule has 0 radical (unpaired) electrons. The highest BCUT2D eigenvalue weighted by atomic mass is 17.0. The van der Waals surface area contributed by atoms with Crippen molar-refractivity contribution in [2.24, 2.45) is 0 Å². The van der Waals surface area contributed by atoms with Crippen LogP contribution in [0.15, 0.2) is 60.7 Å². The van der Waals surface area contributed by atoms with E-state index < -0.39 is 63.6 Å². The molecule has 0 saturated heterocycles. The lowest BCUT2D eigenvalue weighted by atomic mass is 9.87. The van der Waals surface area contributed by atoms with Gasteiger partial charge in [-0.25, -0.2) is 0 Å². The van der Waals surface area contributed by atoms with Crippen LogP contribution in [0.25, 0.3) is 0 Å². The quantitative estimate of drug-likeness (QED) is 0.191. The zero-order valence-electron chi connectivity index (χ0n) is 18.8. The normalized spacial score (nSPS) is 13.4. The first-order chi connectivity index (χ1) is 18.5. The van der Waals surface area contributed by atoms with Gasteiger partial charge in [-0.3, -0.25) is 40.5 Å². The third-order valence-corrected chi connectivity index (χ3v) is 4.49. The van der Waals surface area contributed by atoms with Gasteiger partial charge in [0.15, 0.2) is 0 Å². The molecule has 2 unspecified atom stereocenters. The minimum atomic E-state index is -5.50. The average molecular weight is 577 g/mol. The van der Waals surface area contributed by atoms with Crippen LogP contribution in [0.5, 0.6) is 5.75 Å². The first-order valence-corrected chi connectivity index (χ1v) is 9.40. The molecule has 0 aromatic heterocycles. The molecule has 40 heavy (non-hydrogen) atoms. The van der Waals surface area contributed by atoms with Crippen LogP contribution in [0, 0.1) is 70.8 Å². The largest absolute Gasteiger partial charge is 0.725 e. The first-order valence-electron chi connectivity index (χ1n) is 9.40. The van der Waals surface area contributed by atoms with E-state index in [0.29, 0.717) is 12.1 Å². The third kappa shape index (κ3) is 5.55. The van der Waals surface area contributed by atoms with Gasteiger partial charge in [0, 0.05) is 0 Å². The summed E-state index contributed by atoms with van der Waals surface area (Å²) in [5.74, 6) is -6.25. The summed E-state index contributed by atoms with van der Waals surface area (Å²) in [6, 6.07) is 9.61. The SMILES string of the molecule is O=[N+]([O-])O.O=[N+]([O-])OC([N+](=O)[O-])([N+](=O)[O-])C(O[N+](=O)[O-])([N+](=O)[O-])C(Oc1ccccc1)(c1ccccc1)[N+](=O)[O-]. The van der Waals surface area contributed by atoms with Crippen LogP contribution < -0.4 is 4.74 Å². The monoisotopic (exact) mass is 577 g/mol. The zero-order valence-corrected chi connectivity index (χ0v) is 18.8. The van der Waals surface area contributed by atoms with E-state index in [4.69, 9.17) is 20.1 Å². The fourth-order valence-electron chi connectivity index (χ4n) is 3.19. The average Bonchev–Trinajstić information content (AvgIpc) is 2.84. The van der Waals surface area contributed by atoms with Crippen LogP contribution >= 0.6 is 0 Å². The predicted molar refractivity (Wildman–Crippen MR) is 114 cm³/mol. The smallest absolute Gasteiger partial charge is 0.417 e. The van der Waals surface area contributed by atoms with Gasteiger partial charge >= 0.3 is 27.5 Å². The Bertz CT molecular complexity index is 1290. The second-order valence-corrected chi connectivity index (χ2v) is 6.57. The van der Waals surface area contributed by atoms with E-state index in [1.165, 1.54) is 12.1 Å². The molecule has 2 aromatic carbocycles. The van der Waals surface area contributed by atoms with Crippen LogP contribution in [-0.4, -0.2) is 51.7 Å². The maximum Gasteiger partial charge on any atom is 0.725 e. The van der Waals surface area contributed by atoms with Crippen LogP contribution in [0.1, 0.15) is 5.56 Å². The predicted octanol–water partition coefficient (Wildman–Crippen LogP) is 0.444. The molecule has 1 N–H and O–H groups in total. The molecular weight excluding hydrogens is 566 g/mol. The molecule has 0 fully saturated rings. The highest BCUT2D eigenvalue weighted by Gasteiger charge is 3.04. The Labute approximate surface area is 215 Å². The zero-order chi connectivity index (χ0) is 30.9. The van der Waals surface area contributed by atoms with Crippen molar-refractivity contribution in [3.8, 4) is 5.75 Å². The van der Waals surface area contributed by atoms with E-state index in [0.717, 1.165) is 36.4 Å². The number of hydrogen-bond acceptors (Lipinski definition) is 17. The molecule has 2 rings (SSSR count). The molecule has 25 heteroatoms. The molecule has 0 aliphatic rings. The van der Waals surface area contributed by atoms with Gasteiger partial charge in [-0.15, -0.1) is 30.3 Å². The minimum Gasteiger partial charge on any atom is -0.417 e. The van der Waals surface area contributed by atoms with Crippen molar-refractivity contribution in [2.45, 2.75) is 17.3 Å². The molecule has 0 aliphatic carbocycles. The molecule has 0 aliphatic heterocycles. The molecule has 0 spiro atoms. The van der Waals surface area contributed by atoms with Crippen molar-refractivity contribution in [2.75, 3.05) is 0 Å². The van der Waals surface area contributed by atoms with Gasteiger partial charge in [0.25, 0.3) is 5.09 Å². The second-order valence-electron chi connectivity index (χ2n) is 6.57. The van der Waals surface area contributed by atoms with Crippen molar-refractivity contribution in [3.05, 3.63) is 137 Å². The van der Waals surface area contributed by atoms with Crippen LogP contribution in [0.4, 0.5) is 0 Å². The molecule has 0 heterocycles. The summed E-state index contributed by atoms with van der Waals surface area (Å²) < 4.78 is 5.08. The summed E-state index contributed by atoms with van der Waals surface area (Å²) in [5.41, 5.74) is -11.0. The number of hydrogen-bond donors (Lipinski definition) is 1. The number of rotatable bonds is 13. The Morgan fingerprint density at radius 1 is 0.575 bits per heavy atom. The minimum absolute atomic E-state index is 0.615. The number of ether oxygens (including phenoxy) is 1. The molecular formula is C15H11N7O18. The number of nitrogens with zero attached hydrogens (tertiary/aromatic N) is 7. The fourth-order valence-corrected chi connectivity index (χ4v) is 3.19. The lowest BCUT2D eigenvalue weighted by Crippen LogP contribution is -2.81. The molecule has 2 atom stereocenters. The Balaban J connectivity index is 0.00000187. The van der Waals surface area contributed by atoms with Gasteiger partial charge in [0.2, 0.25) is 0 Å². The van der Waals surface area contributed by atoms with E-state index in [1.807, 2.05) is 0 Å². The van der Waals surface area contributed by atoms with E-state index in [1.54, 1.807) is 0 Å². The Morgan fingerprint density at radius 3 is 1.30 bits per heavy atom. The summed E-state index contributed by atoms with van der Waals surface area (Å²) in [6.45, 7) is 0. The number of benzene rings is 2. The number of para-hydroxylation sites is 1. The standard InChI is InChI=1S/C15H10N6O15.HNO3/c22-16(23)13(11-7-3-1-4-8-11,34-12-9-5-2-6-10-12)14(17(24)25,35-20(30)31)15(18(26)27,19(28)29)36-21(32)33;2-1(3)4/h1-10H;(H,2,3,4). The van der Waals surface area contributed by atoms with Crippen LogP contribution in [0.2, 0.25) is 0 Å². The van der Waals surface area contributed by atoms with Crippen molar-refractivity contribution >= 4 is 0 Å². The van der Waals surface area contributed by atoms with Crippen molar-refractivity contribution in [1.29, 1.82) is 0 Å². The maximum absolute atomic E-state index is 12.5. The van der Waals surface area contributed by atoms with Crippen molar-refractivity contribution in [1.82, 2.24) is 0 Å². The van der Waals surface area contributed by atoms with Gasteiger partial charge in [-0.05, 0) is 24.3 Å². The highest BCUT2D eigenvalue weighted by molar-refractivity contribution is 5.29. The van der Waals surface area contributed by atoms with Gasteiger partial charge in [0.05, 0.1) is 15.4 Å². The molecule has 0 saturated carbocycles. The molecule has 0 bridgehead atoms. The summed E-state index contributed by atoms with van der Waals surface area (Å²) in [7, 11) is 0. The summed E-state index contributed by atoms with van der Waals surface area (Å²) in [5, 5.41) is 80.4. The molecule has 0 amide bonds. The summed E-state index contributed by atoms with van der Waals surface area (Å²) in [6.07, 6.45) is 0. The van der Waals surface area contributed by atoms with Gasteiger partial charge in [-0.1, -0.05) is 36.4 Å². The molecule has 2 aromatic rings. The highest BCUT2D eigenvalue weighted by Crippen LogP contribution is 2.49. The molecule has 25 nitrogen and oxygen atoms in total. The van der Waals surface area contributed by atoms with Gasteiger partial charge in [-0.2, -0.15) is 9.68 Å². The van der Waals surface area contributed by atoms with Crippen molar-refractivity contribution < 1.29 is 54.6 Å². The Morgan fingerprint density at radius 2 is 0.975 bits per heavy atom. The van der Waals surface area contributed by atoms with E-state index in [-0.39, 0.29) is 0 Å². The third-order valence-electron chi connectivity index (χ3n) is 4.49. The molecule has 214 valence electrons. The van der Waals surface area contributed by atoms with Crippen LogP contribution in [-0.2, 0) is 15.4 Å². The lowest BCUT2D eigenvalue weighted by Gasteiger charge is -2.34. The lowest BCUT2D eigenvalue weighted by molar-refractivity contribution is -1.04. The van der Waals surface area contributed by atoms with Gasteiger partial charge in [0.1, 0.15) is 15.6 Å². The summed E-state index contributed by atoms with van der Waals surface area (Å²) in [4.78, 5) is 77.7. The van der Waals surface area contributed by atoms with E-state index in [2.05, 4.69) is 9.68 Å². The van der Waals surface area contributed by atoms with Gasteiger partial charge < -0.3 is 9.94 Å². The Hall–Kier alpha value is -6.56. The Kier molecular flexibility index (Phi) is 9.53. The summed E-state index contributed by atoms with van der Waals surface area (Å²) >= 11 is 0. The maximum atomic E-state index is 12.5. The topological polar surface area (TPSA) is 350 Å². The van der Waals surface area contributed by atoms with Crippen LogP contribution in [0.3, 0.4) is 0 Å². The van der Waals surface area contributed by atoms with Crippen molar-refractivity contribution in [3.63, 3.8) is 0 Å². The van der Waals surface area contributed by atoms with E-state index >= 15 is 0 Å².